The van der Waals surface area contributed by atoms with Gasteiger partial charge in [-0.05, 0) is 54.7 Å². The first-order valence-electron chi connectivity index (χ1n) is 11.8. The molecule has 0 radical (unpaired) electrons. The fourth-order valence-electron chi connectivity index (χ4n) is 5.98. The van der Waals surface area contributed by atoms with Crippen LogP contribution in [0.3, 0.4) is 0 Å². The first kappa shape index (κ1) is 19.6. The number of fused-ring (bicyclic) bond motifs is 5. The van der Waals surface area contributed by atoms with Gasteiger partial charge < -0.3 is 9.88 Å². The number of rotatable bonds is 3. The summed E-state index contributed by atoms with van der Waals surface area (Å²) in [7, 11) is 0. The number of nitrogens with one attached hydrogen (secondary N) is 1. The summed E-state index contributed by atoms with van der Waals surface area (Å²) in [6.45, 7) is 6.12. The maximum absolute atomic E-state index is 12.4. The molecule has 2 aliphatic heterocycles. The Kier molecular flexibility index (Phi) is 4.58. The van der Waals surface area contributed by atoms with Crippen molar-refractivity contribution in [2.45, 2.75) is 44.8 Å². The summed E-state index contributed by atoms with van der Waals surface area (Å²) in [5.74, 6) is 0.162. The van der Waals surface area contributed by atoms with E-state index in [1.807, 2.05) is 6.07 Å². The number of piperidine rings is 1. The molecule has 1 fully saturated rings. The third kappa shape index (κ3) is 3.05. The van der Waals surface area contributed by atoms with E-state index >= 15 is 0 Å². The number of carbonyl (C=O) groups is 1. The Hall–Kier alpha value is -3.11. The number of aryl methyl sites for hydroxylation is 1. The zero-order valence-corrected chi connectivity index (χ0v) is 18.6. The van der Waals surface area contributed by atoms with Gasteiger partial charge in [0.25, 0.3) is 0 Å². The van der Waals surface area contributed by atoms with Gasteiger partial charge in [-0.25, -0.2) is 0 Å². The molecule has 6 rings (SSSR count). The Bertz CT molecular complexity index is 1330. The Morgan fingerprint density at radius 2 is 1.66 bits per heavy atom. The highest BCUT2D eigenvalue weighted by Crippen LogP contribution is 2.38. The fourth-order valence-corrected chi connectivity index (χ4v) is 5.98. The van der Waals surface area contributed by atoms with E-state index in [1.54, 1.807) is 0 Å². The van der Waals surface area contributed by atoms with Gasteiger partial charge in [-0.2, -0.15) is 0 Å². The summed E-state index contributed by atoms with van der Waals surface area (Å²) in [5.41, 5.74) is 6.32. The maximum atomic E-state index is 12.4. The molecule has 3 aromatic carbocycles. The van der Waals surface area contributed by atoms with Crippen LogP contribution in [0.15, 0.2) is 66.7 Å². The van der Waals surface area contributed by atoms with Gasteiger partial charge in [-0.1, -0.05) is 48.5 Å². The SMILES string of the molecule is CCn1c2ccccc2c2cc(CN3CCC4(CC3)NC(=O)Cc3ccccc34)ccc21. The van der Waals surface area contributed by atoms with Crippen LogP contribution in [0, 0.1) is 0 Å². The number of likely N-dealkylation sites (tertiary alicyclic amines) is 1. The Morgan fingerprint density at radius 3 is 2.50 bits per heavy atom. The lowest BCUT2D eigenvalue weighted by Crippen LogP contribution is -2.56. The van der Waals surface area contributed by atoms with Crippen LogP contribution in [-0.4, -0.2) is 28.5 Å². The van der Waals surface area contributed by atoms with Crippen LogP contribution in [0.5, 0.6) is 0 Å². The summed E-state index contributed by atoms with van der Waals surface area (Å²) in [5, 5.41) is 6.04. The van der Waals surface area contributed by atoms with E-state index < -0.39 is 0 Å². The Labute approximate surface area is 188 Å². The molecular weight excluding hydrogens is 394 g/mol. The van der Waals surface area contributed by atoms with Crippen molar-refractivity contribution in [1.82, 2.24) is 14.8 Å². The molecule has 1 saturated heterocycles. The molecule has 0 unspecified atom stereocenters. The van der Waals surface area contributed by atoms with Gasteiger partial charge in [0.15, 0.2) is 0 Å². The van der Waals surface area contributed by atoms with E-state index in [0.29, 0.717) is 6.42 Å². The van der Waals surface area contributed by atoms with Crippen molar-refractivity contribution >= 4 is 27.7 Å². The number of hydrogen-bond donors (Lipinski definition) is 1. The minimum atomic E-state index is -0.194. The lowest BCUT2D eigenvalue weighted by molar-refractivity contribution is -0.124. The molecule has 4 heteroatoms. The van der Waals surface area contributed by atoms with Crippen LogP contribution in [0.2, 0.25) is 0 Å². The van der Waals surface area contributed by atoms with E-state index in [1.165, 1.54) is 38.5 Å². The first-order valence-corrected chi connectivity index (χ1v) is 11.8. The summed E-state index contributed by atoms with van der Waals surface area (Å²) < 4.78 is 2.41. The van der Waals surface area contributed by atoms with Crippen molar-refractivity contribution in [3.63, 3.8) is 0 Å². The number of amides is 1. The van der Waals surface area contributed by atoms with Gasteiger partial charge in [0, 0.05) is 48.0 Å². The Morgan fingerprint density at radius 1 is 0.906 bits per heavy atom. The van der Waals surface area contributed by atoms with E-state index in [2.05, 4.69) is 82.4 Å². The maximum Gasteiger partial charge on any atom is 0.225 e. The summed E-state index contributed by atoms with van der Waals surface area (Å²) in [6, 6.07) is 24.2. The molecule has 162 valence electrons. The molecule has 4 aromatic rings. The summed E-state index contributed by atoms with van der Waals surface area (Å²) in [6.07, 6.45) is 2.44. The molecule has 0 bridgehead atoms. The molecule has 2 aliphatic rings. The number of aromatic nitrogens is 1. The van der Waals surface area contributed by atoms with E-state index in [0.717, 1.165) is 39.0 Å². The predicted molar refractivity (Wildman–Crippen MR) is 130 cm³/mol. The van der Waals surface area contributed by atoms with Gasteiger partial charge in [-0.3, -0.25) is 9.69 Å². The second kappa shape index (κ2) is 7.49. The van der Waals surface area contributed by atoms with Crippen LogP contribution < -0.4 is 5.32 Å². The number of nitrogens with zero attached hydrogens (tertiary/aromatic N) is 2. The van der Waals surface area contributed by atoms with E-state index in [9.17, 15) is 4.79 Å². The van der Waals surface area contributed by atoms with Crippen LogP contribution in [0.4, 0.5) is 0 Å². The van der Waals surface area contributed by atoms with Gasteiger partial charge in [0.05, 0.1) is 12.0 Å². The molecule has 4 nitrogen and oxygen atoms in total. The lowest BCUT2D eigenvalue weighted by Gasteiger charge is -2.45. The van der Waals surface area contributed by atoms with E-state index in [-0.39, 0.29) is 11.4 Å². The zero-order chi connectivity index (χ0) is 21.7. The number of para-hydroxylation sites is 1. The fraction of sp³-hybridized carbons (Fsp3) is 0.321. The Balaban J connectivity index is 1.25. The van der Waals surface area contributed by atoms with Gasteiger partial charge in [0.2, 0.25) is 5.91 Å². The molecule has 0 aliphatic carbocycles. The highest BCUT2D eigenvalue weighted by Gasteiger charge is 2.41. The minimum Gasteiger partial charge on any atom is -0.346 e. The molecule has 3 heterocycles. The molecule has 32 heavy (non-hydrogen) atoms. The van der Waals surface area contributed by atoms with Crippen LogP contribution in [0.25, 0.3) is 21.8 Å². The summed E-state index contributed by atoms with van der Waals surface area (Å²) >= 11 is 0. The van der Waals surface area contributed by atoms with Gasteiger partial charge in [-0.15, -0.1) is 0 Å². The monoisotopic (exact) mass is 423 g/mol. The lowest BCUT2D eigenvalue weighted by atomic mass is 9.75. The van der Waals surface area contributed by atoms with Crippen LogP contribution in [0.1, 0.15) is 36.5 Å². The molecular formula is C28H29N3O. The highest BCUT2D eigenvalue weighted by molar-refractivity contribution is 6.08. The first-order chi connectivity index (χ1) is 15.7. The third-order valence-electron chi connectivity index (χ3n) is 7.53. The van der Waals surface area contributed by atoms with E-state index in [4.69, 9.17) is 0 Å². The normalized spacial score (nSPS) is 18.2. The summed E-state index contributed by atoms with van der Waals surface area (Å²) in [4.78, 5) is 14.9. The van der Waals surface area contributed by atoms with Crippen LogP contribution in [-0.2, 0) is 29.8 Å². The quantitative estimate of drug-likeness (QED) is 0.505. The number of carbonyl (C=O) groups excluding carboxylic acids is 1. The van der Waals surface area contributed by atoms with Crippen LogP contribution >= 0.6 is 0 Å². The zero-order valence-electron chi connectivity index (χ0n) is 18.6. The average molecular weight is 424 g/mol. The molecule has 0 saturated carbocycles. The molecule has 1 spiro atoms. The van der Waals surface area contributed by atoms with Gasteiger partial charge >= 0.3 is 0 Å². The van der Waals surface area contributed by atoms with Crippen molar-refractivity contribution in [3.05, 3.63) is 83.4 Å². The molecule has 1 aromatic heterocycles. The topological polar surface area (TPSA) is 37.3 Å². The third-order valence-corrected chi connectivity index (χ3v) is 7.53. The standard InChI is InChI=1S/C28H29N3O/c1-2-31-25-10-6-4-8-22(25)23-17-20(11-12-26(23)31)19-30-15-13-28(14-16-30)24-9-5-3-7-21(24)18-27(32)29-28/h3-12,17H,2,13-16,18-19H2,1H3,(H,29,32). The van der Waals surface area contributed by atoms with Crippen molar-refractivity contribution in [3.8, 4) is 0 Å². The molecule has 0 atom stereocenters. The minimum absolute atomic E-state index is 0.162. The average Bonchev–Trinajstić information content (AvgIpc) is 3.14. The van der Waals surface area contributed by atoms with Crippen molar-refractivity contribution in [1.29, 1.82) is 0 Å². The van der Waals surface area contributed by atoms with Crippen molar-refractivity contribution in [2.24, 2.45) is 0 Å². The largest absolute Gasteiger partial charge is 0.346 e. The highest BCUT2D eigenvalue weighted by atomic mass is 16.1. The van der Waals surface area contributed by atoms with Crippen molar-refractivity contribution in [2.75, 3.05) is 13.1 Å². The second-order valence-corrected chi connectivity index (χ2v) is 9.35. The molecule has 1 amide bonds. The second-order valence-electron chi connectivity index (χ2n) is 9.35. The van der Waals surface area contributed by atoms with Crippen molar-refractivity contribution < 1.29 is 4.79 Å². The molecule has 1 N–H and O–H groups in total. The number of hydrogen-bond acceptors (Lipinski definition) is 2. The number of benzene rings is 3. The van der Waals surface area contributed by atoms with Gasteiger partial charge in [0.1, 0.15) is 0 Å². The smallest absolute Gasteiger partial charge is 0.225 e. The predicted octanol–water partition coefficient (Wildman–Crippen LogP) is 4.98.